The lowest BCUT2D eigenvalue weighted by molar-refractivity contribution is 0.0737. The van der Waals surface area contributed by atoms with Crippen molar-refractivity contribution in [3.63, 3.8) is 0 Å². The molecule has 2 aromatic heterocycles. The zero-order valence-corrected chi connectivity index (χ0v) is 11.1. The summed E-state index contributed by atoms with van der Waals surface area (Å²) in [5, 5.41) is 6.76. The van der Waals surface area contributed by atoms with Gasteiger partial charge < -0.3 is 14.7 Å². The molecule has 1 atom stereocenters. The Morgan fingerprint density at radius 3 is 2.89 bits per heavy atom. The minimum absolute atomic E-state index is 0.0885. The summed E-state index contributed by atoms with van der Waals surface area (Å²) in [5.41, 5.74) is 1.30. The average Bonchev–Trinajstić information content (AvgIpc) is 2.99. The third kappa shape index (κ3) is 2.73. The summed E-state index contributed by atoms with van der Waals surface area (Å²) in [6, 6.07) is 5.00. The first-order chi connectivity index (χ1) is 9.13. The molecule has 0 bridgehead atoms. The van der Waals surface area contributed by atoms with Crippen LogP contribution in [0, 0.1) is 0 Å². The molecule has 0 radical (unpaired) electrons. The number of amides is 1. The van der Waals surface area contributed by atoms with Crippen molar-refractivity contribution in [3.8, 4) is 0 Å². The summed E-state index contributed by atoms with van der Waals surface area (Å²) in [4.78, 5) is 18.1. The summed E-state index contributed by atoms with van der Waals surface area (Å²) in [7, 11) is 3.50. The fraction of sp³-hybridized carbons (Fsp3) is 0.308. The van der Waals surface area contributed by atoms with Crippen molar-refractivity contribution in [3.05, 3.63) is 41.9 Å². The van der Waals surface area contributed by atoms with E-state index in [1.54, 1.807) is 43.4 Å². The van der Waals surface area contributed by atoms with Gasteiger partial charge in [-0.2, -0.15) is 0 Å². The topological polar surface area (TPSA) is 71.3 Å². The van der Waals surface area contributed by atoms with E-state index in [1.807, 2.05) is 6.92 Å². The molecule has 0 saturated carbocycles. The molecule has 0 aliphatic heterocycles. The highest BCUT2D eigenvalue weighted by molar-refractivity contribution is 5.94. The number of nitrogens with one attached hydrogen (secondary N) is 1. The van der Waals surface area contributed by atoms with E-state index in [0.717, 1.165) is 5.69 Å². The van der Waals surface area contributed by atoms with Gasteiger partial charge >= 0.3 is 0 Å². The number of carbonyl (C=O) groups excluding carboxylic acids is 1. The predicted octanol–water partition coefficient (Wildman–Crippen LogP) is 1.94. The second kappa shape index (κ2) is 5.51. The Bertz CT molecular complexity index is 554. The van der Waals surface area contributed by atoms with Crippen molar-refractivity contribution in [1.82, 2.24) is 15.0 Å². The molecule has 0 aliphatic carbocycles. The summed E-state index contributed by atoms with van der Waals surface area (Å²) in [5.74, 6) is 0.572. The molecule has 6 heteroatoms. The molecule has 1 N–H and O–H groups in total. The van der Waals surface area contributed by atoms with Crippen LogP contribution < -0.4 is 5.32 Å². The van der Waals surface area contributed by atoms with Crippen LogP contribution in [-0.4, -0.2) is 35.0 Å². The van der Waals surface area contributed by atoms with Crippen LogP contribution in [0.3, 0.4) is 0 Å². The quantitative estimate of drug-likeness (QED) is 0.909. The summed E-state index contributed by atoms with van der Waals surface area (Å²) >= 11 is 0. The third-order valence-corrected chi connectivity index (χ3v) is 3.05. The molecular weight excluding hydrogens is 244 g/mol. The SMILES string of the molecule is CNc1cc(C(=O)N(C)[C@@H](C)c2ccon2)ccn1. The van der Waals surface area contributed by atoms with Crippen molar-refractivity contribution in [1.29, 1.82) is 0 Å². The highest BCUT2D eigenvalue weighted by Gasteiger charge is 2.21. The lowest BCUT2D eigenvalue weighted by Crippen LogP contribution is -2.29. The molecule has 6 nitrogen and oxygen atoms in total. The van der Waals surface area contributed by atoms with E-state index in [9.17, 15) is 4.79 Å². The van der Waals surface area contributed by atoms with Crippen molar-refractivity contribution in [2.75, 3.05) is 19.4 Å². The first-order valence-electron chi connectivity index (χ1n) is 5.94. The Morgan fingerprint density at radius 1 is 1.47 bits per heavy atom. The van der Waals surface area contributed by atoms with Crippen molar-refractivity contribution >= 4 is 11.7 Å². The highest BCUT2D eigenvalue weighted by atomic mass is 16.5. The number of anilines is 1. The highest BCUT2D eigenvalue weighted by Crippen LogP contribution is 2.19. The van der Waals surface area contributed by atoms with E-state index in [2.05, 4.69) is 15.5 Å². The van der Waals surface area contributed by atoms with E-state index in [-0.39, 0.29) is 11.9 Å². The Morgan fingerprint density at radius 2 is 2.26 bits per heavy atom. The van der Waals surface area contributed by atoms with E-state index < -0.39 is 0 Å². The predicted molar refractivity (Wildman–Crippen MR) is 70.8 cm³/mol. The molecule has 2 heterocycles. The first kappa shape index (κ1) is 13.1. The number of rotatable bonds is 4. The molecule has 2 rings (SSSR count). The van der Waals surface area contributed by atoms with Crippen molar-refractivity contribution in [2.45, 2.75) is 13.0 Å². The molecule has 0 saturated heterocycles. The summed E-state index contributed by atoms with van der Waals surface area (Å²) in [6.07, 6.45) is 3.10. The monoisotopic (exact) mass is 260 g/mol. The number of hydrogen-bond acceptors (Lipinski definition) is 5. The van der Waals surface area contributed by atoms with E-state index in [4.69, 9.17) is 4.52 Å². The normalized spacial score (nSPS) is 11.9. The Hall–Kier alpha value is -2.37. The van der Waals surface area contributed by atoms with Gasteiger partial charge in [0.2, 0.25) is 0 Å². The molecule has 2 aromatic rings. The van der Waals surface area contributed by atoms with Crippen LogP contribution in [-0.2, 0) is 0 Å². The Kier molecular flexibility index (Phi) is 3.79. The van der Waals surface area contributed by atoms with Gasteiger partial charge in [0.05, 0.1) is 6.04 Å². The second-order valence-corrected chi connectivity index (χ2v) is 4.20. The van der Waals surface area contributed by atoms with Gasteiger partial charge in [-0.3, -0.25) is 4.79 Å². The smallest absolute Gasteiger partial charge is 0.254 e. The van der Waals surface area contributed by atoms with Crippen LogP contribution in [0.2, 0.25) is 0 Å². The fourth-order valence-corrected chi connectivity index (χ4v) is 1.72. The largest absolute Gasteiger partial charge is 0.373 e. The van der Waals surface area contributed by atoms with Gasteiger partial charge in [0, 0.05) is 31.9 Å². The maximum atomic E-state index is 12.4. The maximum absolute atomic E-state index is 12.4. The van der Waals surface area contributed by atoms with Crippen LogP contribution in [0.25, 0.3) is 0 Å². The number of nitrogens with zero attached hydrogens (tertiary/aromatic N) is 3. The van der Waals surface area contributed by atoms with Gasteiger partial charge in [-0.05, 0) is 19.1 Å². The molecule has 0 spiro atoms. The van der Waals surface area contributed by atoms with Crippen molar-refractivity contribution in [2.24, 2.45) is 0 Å². The van der Waals surface area contributed by atoms with Crippen molar-refractivity contribution < 1.29 is 9.32 Å². The summed E-state index contributed by atoms with van der Waals surface area (Å²) in [6.45, 7) is 1.90. The standard InChI is InChI=1S/C13H16N4O2/c1-9(11-5-7-19-16-11)17(3)13(18)10-4-6-15-12(8-10)14-2/h4-9H,1-3H3,(H,14,15)/t9-/m0/s1. The van der Waals surface area contributed by atoms with Crippen LogP contribution in [0.5, 0.6) is 0 Å². The van der Waals surface area contributed by atoms with Crippen LogP contribution in [0.1, 0.15) is 29.0 Å². The number of aromatic nitrogens is 2. The van der Waals surface area contributed by atoms with Crippen LogP contribution >= 0.6 is 0 Å². The molecule has 0 aromatic carbocycles. The minimum Gasteiger partial charge on any atom is -0.373 e. The molecule has 1 amide bonds. The molecule has 0 unspecified atom stereocenters. The Balaban J connectivity index is 2.18. The number of carbonyl (C=O) groups is 1. The molecule has 0 fully saturated rings. The molecule has 100 valence electrons. The van der Waals surface area contributed by atoms with Gasteiger partial charge in [0.25, 0.3) is 5.91 Å². The fourth-order valence-electron chi connectivity index (χ4n) is 1.72. The zero-order chi connectivity index (χ0) is 13.8. The second-order valence-electron chi connectivity index (χ2n) is 4.20. The van der Waals surface area contributed by atoms with E-state index in [1.165, 1.54) is 6.26 Å². The summed E-state index contributed by atoms with van der Waals surface area (Å²) < 4.78 is 4.80. The lowest BCUT2D eigenvalue weighted by atomic mass is 10.1. The zero-order valence-electron chi connectivity index (χ0n) is 11.1. The number of pyridine rings is 1. The van der Waals surface area contributed by atoms with Gasteiger partial charge in [-0.25, -0.2) is 4.98 Å². The molecule has 0 aliphatic rings. The third-order valence-electron chi connectivity index (χ3n) is 3.05. The van der Waals surface area contributed by atoms with Gasteiger partial charge in [-0.15, -0.1) is 0 Å². The minimum atomic E-state index is -0.155. The molecule has 19 heavy (non-hydrogen) atoms. The average molecular weight is 260 g/mol. The van der Waals surface area contributed by atoms with Crippen LogP contribution in [0.4, 0.5) is 5.82 Å². The van der Waals surface area contributed by atoms with Crippen LogP contribution in [0.15, 0.2) is 35.2 Å². The first-order valence-corrected chi connectivity index (χ1v) is 5.94. The number of hydrogen-bond donors (Lipinski definition) is 1. The maximum Gasteiger partial charge on any atom is 0.254 e. The lowest BCUT2D eigenvalue weighted by Gasteiger charge is -2.23. The van der Waals surface area contributed by atoms with Gasteiger partial charge in [0.15, 0.2) is 0 Å². The molecular formula is C13H16N4O2. The van der Waals surface area contributed by atoms with Gasteiger partial charge in [0.1, 0.15) is 17.8 Å². The van der Waals surface area contributed by atoms with Gasteiger partial charge in [-0.1, -0.05) is 5.16 Å². The van der Waals surface area contributed by atoms with E-state index in [0.29, 0.717) is 11.4 Å². The van der Waals surface area contributed by atoms with E-state index >= 15 is 0 Å². The Labute approximate surface area is 111 Å².